The first-order valence-corrected chi connectivity index (χ1v) is 12.9. The average Bonchev–Trinajstić information content (AvgIpc) is 3.23. The number of hydrogen-bond acceptors (Lipinski definition) is 4. The monoisotopic (exact) mass is 472 g/mol. The van der Waals surface area contributed by atoms with Crippen molar-refractivity contribution < 1.29 is 14.3 Å². The Morgan fingerprint density at radius 2 is 1.86 bits per heavy atom. The van der Waals surface area contributed by atoms with Crippen molar-refractivity contribution >= 4 is 16.9 Å². The van der Waals surface area contributed by atoms with Gasteiger partial charge in [-0.3, -0.25) is 0 Å². The van der Waals surface area contributed by atoms with Crippen LogP contribution in [-0.4, -0.2) is 42.2 Å². The van der Waals surface area contributed by atoms with Gasteiger partial charge in [0.15, 0.2) is 0 Å². The van der Waals surface area contributed by atoms with Crippen LogP contribution >= 0.6 is 0 Å². The number of aryl methyl sites for hydroxylation is 1. The summed E-state index contributed by atoms with van der Waals surface area (Å²) >= 11 is 0. The zero-order valence-electron chi connectivity index (χ0n) is 20.9. The molecule has 35 heavy (non-hydrogen) atoms. The summed E-state index contributed by atoms with van der Waals surface area (Å²) in [4.78, 5) is 14.0. The second kappa shape index (κ2) is 10.2. The molecule has 0 saturated heterocycles. The molecule has 0 amide bonds. The maximum Gasteiger partial charge on any atom is 0.331 e. The Balaban J connectivity index is 1.57. The molecule has 2 atom stereocenters. The second-order valence-corrected chi connectivity index (χ2v) is 9.90. The van der Waals surface area contributed by atoms with Gasteiger partial charge in [-0.05, 0) is 61.3 Å². The third-order valence-corrected chi connectivity index (χ3v) is 8.28. The molecule has 2 aromatic carbocycles. The van der Waals surface area contributed by atoms with Crippen molar-refractivity contribution in [3.05, 3.63) is 78.1 Å². The molecule has 0 fully saturated rings. The molecule has 0 aliphatic carbocycles. The van der Waals surface area contributed by atoms with Gasteiger partial charge in [0.05, 0.1) is 13.7 Å². The van der Waals surface area contributed by atoms with Crippen molar-refractivity contribution in [3.8, 4) is 5.75 Å². The lowest BCUT2D eigenvalue weighted by molar-refractivity contribution is -0.134. The van der Waals surface area contributed by atoms with Crippen molar-refractivity contribution in [1.82, 2.24) is 9.47 Å². The molecule has 5 rings (SSSR count). The minimum absolute atomic E-state index is 0.197. The Labute approximate surface area is 208 Å². The Bertz CT molecular complexity index is 1200. The van der Waals surface area contributed by atoms with E-state index in [1.165, 1.54) is 29.3 Å². The number of benzene rings is 2. The maximum atomic E-state index is 11.7. The highest BCUT2D eigenvalue weighted by atomic mass is 16.5. The van der Waals surface area contributed by atoms with E-state index in [9.17, 15) is 4.79 Å². The van der Waals surface area contributed by atoms with E-state index in [1.54, 1.807) is 6.08 Å². The van der Waals surface area contributed by atoms with Gasteiger partial charge >= 0.3 is 5.97 Å². The largest absolute Gasteiger partial charge is 0.493 e. The summed E-state index contributed by atoms with van der Waals surface area (Å²) in [6.45, 7) is 5.94. The van der Waals surface area contributed by atoms with E-state index in [-0.39, 0.29) is 11.4 Å². The van der Waals surface area contributed by atoms with Crippen molar-refractivity contribution in [3.63, 3.8) is 0 Å². The molecule has 5 nitrogen and oxygen atoms in total. The van der Waals surface area contributed by atoms with Gasteiger partial charge < -0.3 is 18.9 Å². The van der Waals surface area contributed by atoms with Gasteiger partial charge in [0.25, 0.3) is 0 Å². The van der Waals surface area contributed by atoms with E-state index in [4.69, 9.17) is 9.47 Å². The summed E-state index contributed by atoms with van der Waals surface area (Å²) in [5.41, 5.74) is 4.44. The number of carbonyl (C=O) groups is 1. The Kier molecular flexibility index (Phi) is 6.85. The summed E-state index contributed by atoms with van der Waals surface area (Å²) in [7, 11) is 1.43. The number of methoxy groups -OCH3 is 1. The van der Waals surface area contributed by atoms with Crippen LogP contribution in [0.3, 0.4) is 0 Å². The molecule has 1 aromatic heterocycles. The molecule has 3 heterocycles. The predicted molar refractivity (Wildman–Crippen MR) is 140 cm³/mol. The molecule has 5 heteroatoms. The summed E-state index contributed by atoms with van der Waals surface area (Å²) in [6, 6.07) is 19.1. The van der Waals surface area contributed by atoms with Crippen molar-refractivity contribution in [2.24, 2.45) is 5.41 Å². The number of para-hydroxylation sites is 2. The lowest BCUT2D eigenvalue weighted by Gasteiger charge is -2.46. The van der Waals surface area contributed by atoms with Crippen LogP contribution in [0.1, 0.15) is 49.8 Å². The van der Waals surface area contributed by atoms with E-state index < -0.39 is 0 Å². The minimum atomic E-state index is -0.304. The summed E-state index contributed by atoms with van der Waals surface area (Å²) in [5.74, 6) is 0.987. The molecule has 3 aromatic rings. The predicted octanol–water partition coefficient (Wildman–Crippen LogP) is 5.93. The molecule has 2 unspecified atom stereocenters. The van der Waals surface area contributed by atoms with Crippen LogP contribution < -0.4 is 4.74 Å². The van der Waals surface area contributed by atoms with Crippen LogP contribution in [0.15, 0.2) is 66.9 Å². The minimum Gasteiger partial charge on any atom is -0.493 e. The summed E-state index contributed by atoms with van der Waals surface area (Å²) < 4.78 is 13.9. The zero-order valence-corrected chi connectivity index (χ0v) is 20.9. The number of esters is 1. The van der Waals surface area contributed by atoms with Gasteiger partial charge in [0.2, 0.25) is 0 Å². The number of rotatable bonds is 6. The smallest absolute Gasteiger partial charge is 0.331 e. The molecule has 2 bridgehead atoms. The first-order chi connectivity index (χ1) is 17.1. The summed E-state index contributed by atoms with van der Waals surface area (Å²) in [6.07, 6.45) is 8.94. The van der Waals surface area contributed by atoms with Crippen molar-refractivity contribution in [2.45, 2.75) is 51.5 Å². The molecular weight excluding hydrogens is 436 g/mol. The van der Waals surface area contributed by atoms with Crippen LogP contribution in [0.25, 0.3) is 10.9 Å². The quantitative estimate of drug-likeness (QED) is 0.330. The zero-order chi connectivity index (χ0) is 24.3. The third kappa shape index (κ3) is 4.56. The molecule has 0 saturated carbocycles. The van der Waals surface area contributed by atoms with Gasteiger partial charge in [-0.2, -0.15) is 0 Å². The fourth-order valence-corrected chi connectivity index (χ4v) is 6.33. The van der Waals surface area contributed by atoms with Crippen LogP contribution in [0.2, 0.25) is 0 Å². The number of carbonyl (C=O) groups excluding carboxylic acids is 1. The standard InChI is InChI=1S/C30H36N2O3/c1-3-30-16-9-18-31(20-15-28(33)34-2)19-14-25-24-12-7-8-13-27(24)32(21-17-30)29(25)26(30)22-35-23-10-5-4-6-11-23/h4-8,10-13,15,20,26H,3,9,14,16-19,21-22H2,1-2H3/b20-15+. The molecule has 184 valence electrons. The van der Waals surface area contributed by atoms with Crippen molar-refractivity contribution in [1.29, 1.82) is 0 Å². The van der Waals surface area contributed by atoms with Crippen LogP contribution in [0, 0.1) is 5.41 Å². The molecule has 2 aliphatic rings. The second-order valence-electron chi connectivity index (χ2n) is 9.90. The highest BCUT2D eigenvalue weighted by molar-refractivity contribution is 5.86. The highest BCUT2D eigenvalue weighted by Crippen LogP contribution is 2.52. The Morgan fingerprint density at radius 3 is 2.66 bits per heavy atom. The van der Waals surface area contributed by atoms with E-state index in [2.05, 4.69) is 52.8 Å². The normalized spacial score (nSPS) is 22.3. The van der Waals surface area contributed by atoms with E-state index in [1.807, 2.05) is 24.4 Å². The molecule has 2 aliphatic heterocycles. The van der Waals surface area contributed by atoms with Crippen LogP contribution in [0.4, 0.5) is 0 Å². The highest BCUT2D eigenvalue weighted by Gasteiger charge is 2.44. The van der Waals surface area contributed by atoms with Gasteiger partial charge in [0.1, 0.15) is 5.75 Å². The van der Waals surface area contributed by atoms with Gasteiger partial charge in [-0.15, -0.1) is 0 Å². The van der Waals surface area contributed by atoms with E-state index in [0.29, 0.717) is 12.5 Å². The SMILES string of the molecule is CCC12CCCN(/C=C/C(=O)OC)CCc3c(n(c4ccccc34)CC1)C2COc1ccccc1. The average molecular weight is 473 g/mol. The fraction of sp³-hybridized carbons (Fsp3) is 0.433. The fourth-order valence-electron chi connectivity index (χ4n) is 6.33. The molecule has 0 spiro atoms. The number of aromatic nitrogens is 1. The van der Waals surface area contributed by atoms with E-state index >= 15 is 0 Å². The molecule has 0 N–H and O–H groups in total. The van der Waals surface area contributed by atoms with E-state index in [0.717, 1.165) is 57.5 Å². The lowest BCUT2D eigenvalue weighted by Crippen LogP contribution is -2.40. The van der Waals surface area contributed by atoms with Gasteiger partial charge in [0, 0.05) is 54.4 Å². The topological polar surface area (TPSA) is 43.7 Å². The first kappa shape index (κ1) is 23.5. The molecule has 0 radical (unpaired) electrons. The van der Waals surface area contributed by atoms with Crippen molar-refractivity contribution in [2.75, 3.05) is 26.8 Å². The Hall–Kier alpha value is -3.21. The van der Waals surface area contributed by atoms with Crippen LogP contribution in [0.5, 0.6) is 5.75 Å². The van der Waals surface area contributed by atoms with Gasteiger partial charge in [-0.25, -0.2) is 4.79 Å². The molecular formula is C30H36N2O3. The number of fused-ring (bicyclic) bond motifs is 4. The van der Waals surface area contributed by atoms with Gasteiger partial charge in [-0.1, -0.05) is 43.3 Å². The number of ether oxygens (including phenoxy) is 2. The Morgan fingerprint density at radius 1 is 1.06 bits per heavy atom. The third-order valence-electron chi connectivity index (χ3n) is 8.28. The summed E-state index contributed by atoms with van der Waals surface area (Å²) in [5, 5.41) is 1.36. The number of nitrogens with zero attached hydrogens (tertiary/aromatic N) is 2. The van der Waals surface area contributed by atoms with Crippen LogP contribution in [-0.2, 0) is 22.5 Å². The number of hydrogen-bond donors (Lipinski definition) is 0. The first-order valence-electron chi connectivity index (χ1n) is 12.9. The maximum absolute atomic E-state index is 11.7. The lowest BCUT2D eigenvalue weighted by atomic mass is 9.64.